The maximum atomic E-state index is 13.0. The summed E-state index contributed by atoms with van der Waals surface area (Å²) in [5.74, 6) is 0.499. The first kappa shape index (κ1) is 19.7. The minimum Gasteiger partial charge on any atom is -0.349 e. The van der Waals surface area contributed by atoms with Crippen LogP contribution in [0, 0.1) is 28.4 Å². The van der Waals surface area contributed by atoms with E-state index < -0.39 is 0 Å². The van der Waals surface area contributed by atoms with Crippen LogP contribution in [0.5, 0.6) is 0 Å². The lowest BCUT2D eigenvalue weighted by atomic mass is 9.67. The molecule has 0 aromatic heterocycles. The third kappa shape index (κ3) is 3.65. The Morgan fingerprint density at radius 1 is 1.44 bits per heavy atom. The van der Waals surface area contributed by atoms with Crippen molar-refractivity contribution in [3.05, 3.63) is 39.4 Å². The highest BCUT2D eigenvalue weighted by Crippen LogP contribution is 2.44. The zero-order valence-corrected chi connectivity index (χ0v) is 15.5. The van der Waals surface area contributed by atoms with Gasteiger partial charge in [0.05, 0.1) is 16.4 Å². The lowest BCUT2D eigenvalue weighted by molar-refractivity contribution is -0.385. The third-order valence-electron chi connectivity index (χ3n) is 5.77. The van der Waals surface area contributed by atoms with Crippen molar-refractivity contribution in [1.82, 2.24) is 10.6 Å². The summed E-state index contributed by atoms with van der Waals surface area (Å²) in [6.45, 7) is 5.27. The minimum absolute atomic E-state index is 0. The van der Waals surface area contributed by atoms with Gasteiger partial charge in [0.2, 0.25) is 5.91 Å². The Hall–Kier alpha value is -1.66. The highest BCUT2D eigenvalue weighted by Gasteiger charge is 2.50. The van der Waals surface area contributed by atoms with Gasteiger partial charge in [0.1, 0.15) is 0 Å². The van der Waals surface area contributed by atoms with E-state index >= 15 is 0 Å². The van der Waals surface area contributed by atoms with Gasteiger partial charge in [-0.25, -0.2) is 0 Å². The van der Waals surface area contributed by atoms with Gasteiger partial charge in [0.15, 0.2) is 0 Å². The molecule has 1 saturated carbocycles. The number of aryl methyl sites for hydroxylation is 1. The number of rotatable bonds is 4. The monoisotopic (exact) mass is 367 g/mol. The van der Waals surface area contributed by atoms with Gasteiger partial charge in [0.25, 0.3) is 5.69 Å². The van der Waals surface area contributed by atoms with E-state index in [1.807, 2.05) is 13.0 Å². The molecule has 1 unspecified atom stereocenters. The van der Waals surface area contributed by atoms with Gasteiger partial charge in [0, 0.05) is 18.2 Å². The van der Waals surface area contributed by atoms with Crippen LogP contribution in [-0.4, -0.2) is 23.9 Å². The highest BCUT2D eigenvalue weighted by atomic mass is 35.5. The molecule has 25 heavy (non-hydrogen) atoms. The average molecular weight is 368 g/mol. The molecule has 2 fully saturated rings. The smallest absolute Gasteiger partial charge is 0.272 e. The first-order valence-electron chi connectivity index (χ1n) is 8.70. The van der Waals surface area contributed by atoms with Crippen LogP contribution in [0.4, 0.5) is 5.69 Å². The molecule has 3 rings (SSSR count). The Morgan fingerprint density at radius 2 is 2.20 bits per heavy atom. The lowest BCUT2D eigenvalue weighted by Crippen LogP contribution is -2.48. The summed E-state index contributed by atoms with van der Waals surface area (Å²) in [6.07, 6.45) is 4.32. The van der Waals surface area contributed by atoms with Crippen LogP contribution in [0.2, 0.25) is 0 Å². The van der Waals surface area contributed by atoms with Crippen LogP contribution < -0.4 is 10.6 Å². The first-order chi connectivity index (χ1) is 11.4. The molecule has 1 heterocycles. The van der Waals surface area contributed by atoms with Crippen molar-refractivity contribution in [2.24, 2.45) is 11.3 Å². The molecule has 1 aliphatic heterocycles. The van der Waals surface area contributed by atoms with Crippen molar-refractivity contribution in [3.63, 3.8) is 0 Å². The highest BCUT2D eigenvalue weighted by molar-refractivity contribution is 5.85. The van der Waals surface area contributed by atoms with E-state index in [9.17, 15) is 14.9 Å². The lowest BCUT2D eigenvalue weighted by Gasteiger charge is -2.38. The van der Waals surface area contributed by atoms with Crippen LogP contribution in [0.25, 0.3) is 0 Å². The van der Waals surface area contributed by atoms with E-state index in [0.29, 0.717) is 11.5 Å². The van der Waals surface area contributed by atoms with Gasteiger partial charge in [-0.05, 0) is 44.7 Å². The Balaban J connectivity index is 0.00000225. The molecule has 0 radical (unpaired) electrons. The zero-order chi connectivity index (χ0) is 17.3. The van der Waals surface area contributed by atoms with Crippen molar-refractivity contribution in [3.8, 4) is 0 Å². The molecule has 1 amide bonds. The third-order valence-corrected chi connectivity index (χ3v) is 5.77. The second-order valence-electron chi connectivity index (χ2n) is 7.23. The molecule has 1 saturated heterocycles. The van der Waals surface area contributed by atoms with E-state index in [2.05, 4.69) is 10.6 Å². The standard InChI is InChI=1S/C18H25N3O3.ClH/c1-12-6-7-14(9-16(12)21(23)24)13(2)20-17(22)18-8-4-3-5-15(18)10-19-11-18;/h6-7,9,13,15,19H,3-5,8,10-11H2,1-2H3,(H,20,22);1H/t13?,15-,18+;/m0./s1. The molecule has 1 aromatic carbocycles. The maximum Gasteiger partial charge on any atom is 0.272 e. The number of hydrogen-bond donors (Lipinski definition) is 2. The SMILES string of the molecule is Cc1ccc(C(C)NC(=O)[C@@]23CCCC[C@H]2CNC3)cc1[N+](=O)[O-].Cl. The molecule has 138 valence electrons. The largest absolute Gasteiger partial charge is 0.349 e. The van der Waals surface area contributed by atoms with Crippen molar-refractivity contribution < 1.29 is 9.72 Å². The van der Waals surface area contributed by atoms with Crippen molar-refractivity contribution in [2.45, 2.75) is 45.6 Å². The van der Waals surface area contributed by atoms with Crippen LogP contribution >= 0.6 is 12.4 Å². The number of amides is 1. The van der Waals surface area contributed by atoms with E-state index in [0.717, 1.165) is 37.9 Å². The second-order valence-corrected chi connectivity index (χ2v) is 7.23. The van der Waals surface area contributed by atoms with Crippen LogP contribution in [0.3, 0.4) is 0 Å². The van der Waals surface area contributed by atoms with Crippen LogP contribution in [-0.2, 0) is 4.79 Å². The topological polar surface area (TPSA) is 84.3 Å². The zero-order valence-electron chi connectivity index (χ0n) is 14.7. The minimum atomic E-state index is -0.371. The summed E-state index contributed by atoms with van der Waals surface area (Å²) in [4.78, 5) is 23.7. The Morgan fingerprint density at radius 3 is 2.92 bits per heavy atom. The molecular formula is C18H26ClN3O3. The van der Waals surface area contributed by atoms with Gasteiger partial charge in [-0.2, -0.15) is 0 Å². The number of nitrogens with zero attached hydrogens (tertiary/aromatic N) is 1. The second kappa shape index (κ2) is 7.70. The molecule has 0 bridgehead atoms. The maximum absolute atomic E-state index is 13.0. The molecule has 2 aliphatic rings. The van der Waals surface area contributed by atoms with E-state index in [1.165, 1.54) is 6.42 Å². The van der Waals surface area contributed by atoms with Crippen LogP contribution in [0.1, 0.15) is 49.8 Å². The molecule has 0 spiro atoms. The summed E-state index contributed by atoms with van der Waals surface area (Å²) >= 11 is 0. The van der Waals surface area contributed by atoms with E-state index in [-0.39, 0.29) is 40.4 Å². The number of nitro benzene ring substituents is 1. The number of fused-ring (bicyclic) bond motifs is 1. The number of carbonyl (C=O) groups excluding carboxylic acids is 1. The molecule has 6 nitrogen and oxygen atoms in total. The van der Waals surface area contributed by atoms with Gasteiger partial charge in [-0.1, -0.05) is 25.0 Å². The number of nitrogens with one attached hydrogen (secondary N) is 2. The van der Waals surface area contributed by atoms with Crippen molar-refractivity contribution >= 4 is 24.0 Å². The Kier molecular flexibility index (Phi) is 6.06. The van der Waals surface area contributed by atoms with Crippen LogP contribution in [0.15, 0.2) is 18.2 Å². The summed E-state index contributed by atoms with van der Waals surface area (Å²) in [6, 6.07) is 4.93. The first-order valence-corrected chi connectivity index (χ1v) is 8.70. The predicted octanol–water partition coefficient (Wildman–Crippen LogP) is 3.28. The van der Waals surface area contributed by atoms with E-state index in [4.69, 9.17) is 0 Å². The molecule has 3 atom stereocenters. The van der Waals surface area contributed by atoms with E-state index in [1.54, 1.807) is 19.1 Å². The predicted molar refractivity (Wildman–Crippen MR) is 98.9 cm³/mol. The fourth-order valence-electron chi connectivity index (χ4n) is 4.21. The molecular weight excluding hydrogens is 342 g/mol. The summed E-state index contributed by atoms with van der Waals surface area (Å²) in [5.41, 5.74) is 1.21. The molecule has 2 N–H and O–H groups in total. The van der Waals surface area contributed by atoms with Gasteiger partial charge in [-0.3, -0.25) is 14.9 Å². The molecule has 1 aromatic rings. The quantitative estimate of drug-likeness (QED) is 0.631. The normalized spacial score (nSPS) is 26.2. The fraction of sp³-hybridized carbons (Fsp3) is 0.611. The van der Waals surface area contributed by atoms with Crippen molar-refractivity contribution in [2.75, 3.05) is 13.1 Å². The average Bonchev–Trinajstić information content (AvgIpc) is 3.00. The number of halogens is 1. The Bertz CT molecular complexity index is 667. The number of carbonyl (C=O) groups is 1. The van der Waals surface area contributed by atoms with Gasteiger partial charge < -0.3 is 10.6 Å². The van der Waals surface area contributed by atoms with Gasteiger partial charge >= 0.3 is 0 Å². The summed E-state index contributed by atoms with van der Waals surface area (Å²) in [7, 11) is 0. The van der Waals surface area contributed by atoms with Crippen molar-refractivity contribution in [1.29, 1.82) is 0 Å². The summed E-state index contributed by atoms with van der Waals surface area (Å²) in [5, 5.41) is 17.6. The molecule has 1 aliphatic carbocycles. The molecule has 7 heteroatoms. The summed E-state index contributed by atoms with van der Waals surface area (Å²) < 4.78 is 0. The Labute approximate surface area is 154 Å². The number of hydrogen-bond acceptors (Lipinski definition) is 4. The van der Waals surface area contributed by atoms with Gasteiger partial charge in [-0.15, -0.1) is 12.4 Å². The number of nitro groups is 1. The number of benzene rings is 1. The fourth-order valence-corrected chi connectivity index (χ4v) is 4.21.